The highest BCUT2D eigenvalue weighted by atomic mass is 32.2. The molecule has 4 heteroatoms. The van der Waals surface area contributed by atoms with Crippen LogP contribution >= 0.6 is 0 Å². The summed E-state index contributed by atoms with van der Waals surface area (Å²) in [5.74, 6) is 1.53. The van der Waals surface area contributed by atoms with Crippen LogP contribution in [0.5, 0.6) is 0 Å². The second-order valence-corrected chi connectivity index (χ2v) is 5.80. The van der Waals surface area contributed by atoms with Gasteiger partial charge in [0.2, 0.25) is 0 Å². The van der Waals surface area contributed by atoms with Crippen molar-refractivity contribution in [2.24, 2.45) is 0 Å². The van der Waals surface area contributed by atoms with E-state index in [4.69, 9.17) is 4.74 Å². The third kappa shape index (κ3) is 3.67. The van der Waals surface area contributed by atoms with Gasteiger partial charge in [0.1, 0.15) is 0 Å². The SMILES string of the molecule is O=S(CCNC1CC1)CC1CCCO1. The minimum atomic E-state index is -0.686. The molecule has 3 nitrogen and oxygen atoms in total. The summed E-state index contributed by atoms with van der Waals surface area (Å²) in [6.07, 6.45) is 5.12. The number of rotatable bonds is 6. The van der Waals surface area contributed by atoms with Gasteiger partial charge >= 0.3 is 0 Å². The van der Waals surface area contributed by atoms with Crippen molar-refractivity contribution < 1.29 is 8.95 Å². The van der Waals surface area contributed by atoms with Gasteiger partial charge in [-0.2, -0.15) is 0 Å². The molecule has 0 amide bonds. The van der Waals surface area contributed by atoms with E-state index >= 15 is 0 Å². The van der Waals surface area contributed by atoms with E-state index in [0.29, 0.717) is 0 Å². The van der Waals surface area contributed by atoms with Crippen LogP contribution in [0.4, 0.5) is 0 Å². The van der Waals surface area contributed by atoms with E-state index < -0.39 is 10.8 Å². The van der Waals surface area contributed by atoms with E-state index in [0.717, 1.165) is 43.5 Å². The predicted octanol–water partition coefficient (Wildman–Crippen LogP) is 0.666. The normalized spacial score (nSPS) is 29.3. The highest BCUT2D eigenvalue weighted by Gasteiger charge is 2.21. The van der Waals surface area contributed by atoms with Gasteiger partial charge in [-0.1, -0.05) is 0 Å². The van der Waals surface area contributed by atoms with E-state index in [-0.39, 0.29) is 6.10 Å². The second kappa shape index (κ2) is 5.24. The van der Waals surface area contributed by atoms with Crippen LogP contribution in [0.2, 0.25) is 0 Å². The average Bonchev–Trinajstić information content (AvgIpc) is 2.83. The van der Waals surface area contributed by atoms with E-state index in [2.05, 4.69) is 5.32 Å². The van der Waals surface area contributed by atoms with Gasteiger partial charge in [0.05, 0.1) is 6.10 Å². The Labute approximate surface area is 88.0 Å². The number of nitrogens with one attached hydrogen (secondary N) is 1. The Balaban J connectivity index is 1.53. The lowest BCUT2D eigenvalue weighted by Gasteiger charge is -2.08. The predicted molar refractivity (Wildman–Crippen MR) is 57.9 cm³/mol. The Morgan fingerprint density at radius 1 is 1.36 bits per heavy atom. The van der Waals surface area contributed by atoms with Gasteiger partial charge in [0.15, 0.2) is 0 Å². The molecule has 0 radical (unpaired) electrons. The molecule has 2 aliphatic rings. The molecule has 2 fully saturated rings. The van der Waals surface area contributed by atoms with Crippen LogP contribution < -0.4 is 5.32 Å². The van der Waals surface area contributed by atoms with Crippen LogP contribution in [0.3, 0.4) is 0 Å². The largest absolute Gasteiger partial charge is 0.377 e. The van der Waals surface area contributed by atoms with Crippen molar-refractivity contribution in [1.29, 1.82) is 0 Å². The zero-order valence-corrected chi connectivity index (χ0v) is 9.35. The molecule has 2 unspecified atom stereocenters. The average molecular weight is 217 g/mol. The highest BCUT2D eigenvalue weighted by Crippen LogP contribution is 2.18. The summed E-state index contributed by atoms with van der Waals surface area (Å²) in [6, 6.07) is 0.731. The smallest absolute Gasteiger partial charge is 0.0691 e. The first-order valence-corrected chi connectivity index (χ1v) is 7.03. The van der Waals surface area contributed by atoms with E-state index in [9.17, 15) is 4.21 Å². The van der Waals surface area contributed by atoms with Crippen molar-refractivity contribution in [3.05, 3.63) is 0 Å². The van der Waals surface area contributed by atoms with Crippen LogP contribution in [0.25, 0.3) is 0 Å². The van der Waals surface area contributed by atoms with Gasteiger partial charge in [-0.05, 0) is 25.7 Å². The molecule has 1 heterocycles. The quantitative estimate of drug-likeness (QED) is 0.710. The van der Waals surface area contributed by atoms with Crippen molar-refractivity contribution in [3.63, 3.8) is 0 Å². The minimum Gasteiger partial charge on any atom is -0.377 e. The summed E-state index contributed by atoms with van der Waals surface area (Å²) < 4.78 is 17.0. The Morgan fingerprint density at radius 3 is 2.86 bits per heavy atom. The maximum atomic E-state index is 11.6. The van der Waals surface area contributed by atoms with Crippen molar-refractivity contribution in [1.82, 2.24) is 5.32 Å². The maximum absolute atomic E-state index is 11.6. The van der Waals surface area contributed by atoms with Crippen LogP contribution in [0.15, 0.2) is 0 Å². The summed E-state index contributed by atoms with van der Waals surface area (Å²) in [7, 11) is -0.686. The van der Waals surface area contributed by atoms with E-state index in [1.54, 1.807) is 0 Å². The molecule has 0 aromatic rings. The zero-order chi connectivity index (χ0) is 9.80. The van der Waals surface area contributed by atoms with Gasteiger partial charge in [0, 0.05) is 41.5 Å². The molecule has 2 atom stereocenters. The molecule has 82 valence electrons. The van der Waals surface area contributed by atoms with Crippen molar-refractivity contribution >= 4 is 10.8 Å². The third-order valence-corrected chi connectivity index (χ3v) is 4.14. The molecule has 1 aliphatic carbocycles. The van der Waals surface area contributed by atoms with Crippen molar-refractivity contribution in [2.75, 3.05) is 24.7 Å². The number of ether oxygens (including phenoxy) is 1. The Morgan fingerprint density at radius 2 is 2.21 bits per heavy atom. The summed E-state index contributed by atoms with van der Waals surface area (Å²) in [6.45, 7) is 1.77. The molecular formula is C10H19NO2S. The Kier molecular flexibility index (Phi) is 3.96. The molecule has 14 heavy (non-hydrogen) atoms. The fourth-order valence-corrected chi connectivity index (χ4v) is 2.92. The molecular weight excluding hydrogens is 198 g/mol. The first-order chi connectivity index (χ1) is 6.84. The Hall–Kier alpha value is 0.0700. The second-order valence-electron chi connectivity index (χ2n) is 4.17. The first-order valence-electron chi connectivity index (χ1n) is 5.54. The van der Waals surface area contributed by atoms with Crippen LogP contribution in [0, 0.1) is 0 Å². The van der Waals surface area contributed by atoms with Crippen molar-refractivity contribution in [2.45, 2.75) is 37.8 Å². The summed E-state index contributed by atoms with van der Waals surface area (Å²) in [5.41, 5.74) is 0. The topological polar surface area (TPSA) is 38.3 Å². The van der Waals surface area contributed by atoms with Crippen LogP contribution in [0.1, 0.15) is 25.7 Å². The molecule has 0 aromatic heterocycles. The van der Waals surface area contributed by atoms with E-state index in [1.165, 1.54) is 12.8 Å². The standard InChI is InChI=1S/C10H19NO2S/c12-14(7-5-11-9-3-4-9)8-10-2-1-6-13-10/h9-11H,1-8H2. The molecule has 2 rings (SSSR count). The van der Waals surface area contributed by atoms with E-state index in [1.807, 2.05) is 0 Å². The molecule has 1 saturated carbocycles. The maximum Gasteiger partial charge on any atom is 0.0691 e. The number of hydrogen-bond acceptors (Lipinski definition) is 3. The van der Waals surface area contributed by atoms with Gasteiger partial charge in [-0.25, -0.2) is 0 Å². The fraction of sp³-hybridized carbons (Fsp3) is 1.00. The minimum absolute atomic E-state index is 0.275. The highest BCUT2D eigenvalue weighted by molar-refractivity contribution is 7.85. The van der Waals surface area contributed by atoms with Crippen LogP contribution in [-0.2, 0) is 15.5 Å². The van der Waals surface area contributed by atoms with Crippen LogP contribution in [-0.4, -0.2) is 41.0 Å². The van der Waals surface area contributed by atoms with Crippen molar-refractivity contribution in [3.8, 4) is 0 Å². The lowest BCUT2D eigenvalue weighted by Crippen LogP contribution is -2.25. The molecule has 1 aliphatic heterocycles. The van der Waals surface area contributed by atoms with Gasteiger partial charge in [-0.15, -0.1) is 0 Å². The van der Waals surface area contributed by atoms with Gasteiger partial charge in [-0.3, -0.25) is 4.21 Å². The lowest BCUT2D eigenvalue weighted by molar-refractivity contribution is 0.128. The fourth-order valence-electron chi connectivity index (χ4n) is 1.73. The monoisotopic (exact) mass is 217 g/mol. The summed E-state index contributed by atoms with van der Waals surface area (Å²) in [5, 5.41) is 3.38. The molecule has 1 saturated heterocycles. The lowest BCUT2D eigenvalue weighted by atomic mass is 10.3. The molecule has 0 spiro atoms. The summed E-state index contributed by atoms with van der Waals surface area (Å²) in [4.78, 5) is 0. The number of hydrogen-bond donors (Lipinski definition) is 1. The molecule has 1 N–H and O–H groups in total. The first kappa shape index (κ1) is 10.6. The van der Waals surface area contributed by atoms with Gasteiger partial charge in [0.25, 0.3) is 0 Å². The molecule has 0 bridgehead atoms. The Bertz CT molecular complexity index is 200. The third-order valence-electron chi connectivity index (χ3n) is 2.74. The molecule has 0 aromatic carbocycles. The summed E-state index contributed by atoms with van der Waals surface area (Å²) >= 11 is 0. The van der Waals surface area contributed by atoms with Gasteiger partial charge < -0.3 is 10.1 Å². The zero-order valence-electron chi connectivity index (χ0n) is 8.54.